The third-order valence-electron chi connectivity index (χ3n) is 4.02. The van der Waals surface area contributed by atoms with E-state index in [-0.39, 0.29) is 11.0 Å². The Morgan fingerprint density at radius 3 is 2.52 bits per heavy atom. The molecule has 21 heavy (non-hydrogen) atoms. The lowest BCUT2D eigenvalue weighted by Crippen LogP contribution is -2.51. The summed E-state index contributed by atoms with van der Waals surface area (Å²) < 4.78 is 0. The summed E-state index contributed by atoms with van der Waals surface area (Å²) in [5, 5.41) is 7.40. The van der Waals surface area contributed by atoms with Gasteiger partial charge in [-0.05, 0) is 30.6 Å². The second-order valence-electron chi connectivity index (χ2n) is 8.13. The summed E-state index contributed by atoms with van der Waals surface area (Å²) in [6, 6.07) is 0. The standard InChI is InChI=1S/C17H30N2S2/c1-7-8-18-17(10-16(5,6)11-20-12-17)14-19-13(9-21-14)15(2,3)4/h9,18H,7-8,10-12H2,1-6H3. The molecule has 0 saturated carbocycles. The van der Waals surface area contributed by atoms with E-state index in [9.17, 15) is 0 Å². The van der Waals surface area contributed by atoms with Crippen LogP contribution in [0.1, 0.15) is 65.1 Å². The van der Waals surface area contributed by atoms with Crippen molar-refractivity contribution in [2.45, 2.75) is 65.3 Å². The summed E-state index contributed by atoms with van der Waals surface area (Å²) in [5.74, 6) is 2.40. The number of thioether (sulfide) groups is 1. The lowest BCUT2D eigenvalue weighted by atomic mass is 9.80. The number of aromatic nitrogens is 1. The summed E-state index contributed by atoms with van der Waals surface area (Å²) >= 11 is 3.92. The molecule has 0 bridgehead atoms. The van der Waals surface area contributed by atoms with Crippen LogP contribution < -0.4 is 5.32 Å². The third kappa shape index (κ3) is 4.02. The summed E-state index contributed by atoms with van der Waals surface area (Å²) in [5.41, 5.74) is 1.81. The molecule has 1 saturated heterocycles. The fraction of sp³-hybridized carbons (Fsp3) is 0.824. The van der Waals surface area contributed by atoms with Crippen molar-refractivity contribution in [1.29, 1.82) is 0 Å². The Morgan fingerprint density at radius 2 is 2.00 bits per heavy atom. The van der Waals surface area contributed by atoms with Crippen molar-refractivity contribution in [1.82, 2.24) is 10.3 Å². The summed E-state index contributed by atoms with van der Waals surface area (Å²) in [6.07, 6.45) is 2.36. The van der Waals surface area contributed by atoms with Crippen LogP contribution in [0, 0.1) is 5.41 Å². The average molecular weight is 327 g/mol. The first-order valence-corrected chi connectivity index (χ1v) is 10.0. The Labute approximate surface area is 138 Å². The minimum atomic E-state index is 0.0661. The maximum absolute atomic E-state index is 5.04. The van der Waals surface area contributed by atoms with Crippen LogP contribution in [-0.4, -0.2) is 23.0 Å². The smallest absolute Gasteiger partial charge is 0.114 e. The van der Waals surface area contributed by atoms with Gasteiger partial charge in [0.15, 0.2) is 0 Å². The molecule has 1 aliphatic heterocycles. The Balaban J connectivity index is 2.33. The van der Waals surface area contributed by atoms with Crippen molar-refractivity contribution in [3.05, 3.63) is 16.1 Å². The van der Waals surface area contributed by atoms with Crippen molar-refractivity contribution in [3.8, 4) is 0 Å². The van der Waals surface area contributed by atoms with Gasteiger partial charge in [0.2, 0.25) is 0 Å². The van der Waals surface area contributed by atoms with Crippen molar-refractivity contribution in [2.75, 3.05) is 18.1 Å². The highest BCUT2D eigenvalue weighted by molar-refractivity contribution is 7.99. The minimum Gasteiger partial charge on any atom is -0.305 e. The maximum Gasteiger partial charge on any atom is 0.114 e. The van der Waals surface area contributed by atoms with Gasteiger partial charge in [-0.25, -0.2) is 4.98 Å². The predicted octanol–water partition coefficient (Wildman–Crippen LogP) is 4.80. The van der Waals surface area contributed by atoms with Gasteiger partial charge in [-0.3, -0.25) is 0 Å². The average Bonchev–Trinajstić information content (AvgIpc) is 2.85. The second kappa shape index (κ2) is 6.21. The molecule has 1 atom stereocenters. The summed E-state index contributed by atoms with van der Waals surface area (Å²) in [7, 11) is 0. The van der Waals surface area contributed by atoms with Gasteiger partial charge in [0, 0.05) is 16.5 Å². The lowest BCUT2D eigenvalue weighted by molar-refractivity contribution is 0.224. The third-order valence-corrected chi connectivity index (χ3v) is 6.75. The fourth-order valence-electron chi connectivity index (χ4n) is 2.95. The van der Waals surface area contributed by atoms with Crippen LogP contribution in [0.15, 0.2) is 5.38 Å². The van der Waals surface area contributed by atoms with Crippen LogP contribution in [-0.2, 0) is 11.0 Å². The molecule has 0 aromatic carbocycles. The van der Waals surface area contributed by atoms with Gasteiger partial charge in [0.05, 0.1) is 11.2 Å². The lowest BCUT2D eigenvalue weighted by Gasteiger charge is -2.44. The molecule has 2 rings (SSSR count). The van der Waals surface area contributed by atoms with E-state index >= 15 is 0 Å². The zero-order chi connectivity index (χ0) is 15.7. The van der Waals surface area contributed by atoms with Gasteiger partial charge >= 0.3 is 0 Å². The Kier molecular flexibility index (Phi) is 5.11. The van der Waals surface area contributed by atoms with Gasteiger partial charge < -0.3 is 5.32 Å². The molecule has 2 nitrogen and oxygen atoms in total. The minimum absolute atomic E-state index is 0.0661. The van der Waals surface area contributed by atoms with Gasteiger partial charge in [-0.1, -0.05) is 41.5 Å². The number of nitrogens with one attached hydrogen (secondary N) is 1. The van der Waals surface area contributed by atoms with Crippen LogP contribution in [0.5, 0.6) is 0 Å². The zero-order valence-electron chi connectivity index (χ0n) is 14.4. The number of nitrogens with zero attached hydrogens (tertiary/aromatic N) is 1. The van der Waals surface area contributed by atoms with Crippen molar-refractivity contribution >= 4 is 23.1 Å². The molecule has 1 aliphatic rings. The van der Waals surface area contributed by atoms with E-state index < -0.39 is 0 Å². The van der Waals surface area contributed by atoms with Gasteiger partial charge in [0.25, 0.3) is 0 Å². The van der Waals surface area contributed by atoms with Crippen LogP contribution >= 0.6 is 23.1 Å². The van der Waals surface area contributed by atoms with E-state index in [0.29, 0.717) is 5.41 Å². The predicted molar refractivity (Wildman–Crippen MR) is 96.5 cm³/mol. The molecule has 2 heterocycles. The molecule has 0 amide bonds. The highest BCUT2D eigenvalue weighted by Gasteiger charge is 2.43. The fourth-order valence-corrected chi connectivity index (χ4v) is 5.71. The summed E-state index contributed by atoms with van der Waals surface area (Å²) in [4.78, 5) is 5.04. The van der Waals surface area contributed by atoms with E-state index in [1.54, 1.807) is 0 Å². The van der Waals surface area contributed by atoms with Crippen LogP contribution in [0.25, 0.3) is 0 Å². The number of hydrogen-bond acceptors (Lipinski definition) is 4. The molecule has 1 aromatic heterocycles. The van der Waals surface area contributed by atoms with Gasteiger partial charge in [-0.15, -0.1) is 11.3 Å². The van der Waals surface area contributed by atoms with Crippen LogP contribution in [0.3, 0.4) is 0 Å². The van der Waals surface area contributed by atoms with E-state index in [1.165, 1.54) is 29.3 Å². The molecular weight excluding hydrogens is 296 g/mol. The molecule has 0 aliphatic carbocycles. The number of thiazole rings is 1. The molecular formula is C17H30N2S2. The molecule has 4 heteroatoms. The van der Waals surface area contributed by atoms with Crippen LogP contribution in [0.4, 0.5) is 0 Å². The van der Waals surface area contributed by atoms with Crippen molar-refractivity contribution in [2.24, 2.45) is 5.41 Å². The topological polar surface area (TPSA) is 24.9 Å². The van der Waals surface area contributed by atoms with Gasteiger partial charge in [-0.2, -0.15) is 11.8 Å². The maximum atomic E-state index is 5.04. The van der Waals surface area contributed by atoms with Crippen LogP contribution in [0.2, 0.25) is 0 Å². The second-order valence-corrected chi connectivity index (χ2v) is 9.97. The first-order valence-electron chi connectivity index (χ1n) is 7.98. The summed E-state index contributed by atoms with van der Waals surface area (Å²) in [6.45, 7) is 14.8. The monoisotopic (exact) mass is 326 g/mol. The molecule has 1 unspecified atom stereocenters. The Bertz CT molecular complexity index is 473. The normalized spacial score (nSPS) is 26.0. The molecule has 0 radical (unpaired) electrons. The highest BCUT2D eigenvalue weighted by Crippen LogP contribution is 2.45. The SMILES string of the molecule is CCCNC1(c2nc(C(C)(C)C)cs2)CSCC(C)(C)C1. The molecule has 1 aromatic rings. The van der Waals surface area contributed by atoms with Crippen molar-refractivity contribution in [3.63, 3.8) is 0 Å². The van der Waals surface area contributed by atoms with E-state index in [2.05, 4.69) is 64.0 Å². The van der Waals surface area contributed by atoms with E-state index in [1.807, 2.05) is 11.3 Å². The molecule has 1 N–H and O–H groups in total. The molecule has 120 valence electrons. The molecule has 1 fully saturated rings. The Hall–Kier alpha value is -0.0600. The molecule has 0 spiro atoms. The highest BCUT2D eigenvalue weighted by atomic mass is 32.2. The van der Waals surface area contributed by atoms with E-state index in [4.69, 9.17) is 4.98 Å². The number of rotatable bonds is 4. The quantitative estimate of drug-likeness (QED) is 0.860. The van der Waals surface area contributed by atoms with Crippen molar-refractivity contribution < 1.29 is 0 Å². The van der Waals surface area contributed by atoms with E-state index in [0.717, 1.165) is 12.3 Å². The Morgan fingerprint density at radius 1 is 1.29 bits per heavy atom. The first-order chi connectivity index (χ1) is 9.69. The van der Waals surface area contributed by atoms with Gasteiger partial charge in [0.1, 0.15) is 5.01 Å². The zero-order valence-corrected chi connectivity index (χ0v) is 16.0. The largest absolute Gasteiger partial charge is 0.305 e. The number of hydrogen-bond donors (Lipinski definition) is 1. The first kappa shape index (κ1) is 17.3.